The molecule has 1 aromatic carbocycles. The number of aliphatic imine (C=N–C) groups is 1. The van der Waals surface area contributed by atoms with Crippen LogP contribution >= 0.6 is 24.0 Å². The minimum atomic E-state index is 0. The molecular formula is C21H32IN5O. The third kappa shape index (κ3) is 6.77. The minimum absolute atomic E-state index is 0. The van der Waals surface area contributed by atoms with Crippen molar-refractivity contribution in [3.8, 4) is 11.5 Å². The van der Waals surface area contributed by atoms with Gasteiger partial charge < -0.3 is 20.0 Å². The molecule has 1 saturated carbocycles. The number of aromatic nitrogens is 1. The van der Waals surface area contributed by atoms with Gasteiger partial charge in [0.1, 0.15) is 6.26 Å². The molecule has 2 aromatic rings. The second-order valence-electron chi connectivity index (χ2n) is 7.14. The minimum Gasteiger partial charge on any atom is -0.444 e. The monoisotopic (exact) mass is 497 g/mol. The van der Waals surface area contributed by atoms with Crippen molar-refractivity contribution in [3.63, 3.8) is 0 Å². The summed E-state index contributed by atoms with van der Waals surface area (Å²) in [6, 6.07) is 10.7. The highest BCUT2D eigenvalue weighted by Gasteiger charge is 2.17. The normalized spacial score (nSPS) is 15.3. The zero-order valence-corrected chi connectivity index (χ0v) is 19.2. The molecule has 1 heterocycles. The molecule has 154 valence electrons. The van der Waals surface area contributed by atoms with Gasteiger partial charge in [0.2, 0.25) is 5.89 Å². The van der Waals surface area contributed by atoms with Crippen LogP contribution in [-0.2, 0) is 6.54 Å². The second kappa shape index (κ2) is 12.1. The van der Waals surface area contributed by atoms with Crippen LogP contribution in [0.25, 0.3) is 11.5 Å². The van der Waals surface area contributed by atoms with Crippen LogP contribution in [-0.4, -0.2) is 49.1 Å². The second-order valence-corrected chi connectivity index (χ2v) is 7.14. The van der Waals surface area contributed by atoms with Gasteiger partial charge in [-0.25, -0.2) is 4.98 Å². The van der Waals surface area contributed by atoms with Gasteiger partial charge in [-0.15, -0.1) is 24.0 Å². The van der Waals surface area contributed by atoms with Gasteiger partial charge in [0.15, 0.2) is 5.96 Å². The first-order chi connectivity index (χ1) is 13.3. The molecule has 1 aromatic heterocycles. The fraction of sp³-hybridized carbons (Fsp3) is 0.524. The Kier molecular flexibility index (Phi) is 9.77. The first-order valence-corrected chi connectivity index (χ1v) is 9.91. The Labute approximate surface area is 185 Å². The molecule has 0 spiro atoms. The van der Waals surface area contributed by atoms with Crippen molar-refractivity contribution in [2.45, 2.75) is 44.7 Å². The Balaban J connectivity index is 0.00000280. The molecule has 6 nitrogen and oxygen atoms in total. The Morgan fingerprint density at radius 2 is 1.93 bits per heavy atom. The van der Waals surface area contributed by atoms with Crippen molar-refractivity contribution >= 4 is 29.9 Å². The number of hydrogen-bond acceptors (Lipinski definition) is 4. The van der Waals surface area contributed by atoms with Crippen LogP contribution in [0.2, 0.25) is 0 Å². The Hall–Kier alpha value is -1.61. The van der Waals surface area contributed by atoms with E-state index in [1.54, 1.807) is 13.3 Å². The van der Waals surface area contributed by atoms with E-state index in [9.17, 15) is 0 Å². The molecule has 0 aliphatic heterocycles. The number of guanidine groups is 1. The standard InChI is InChI=1S/C21H31N5O.HI/c1-22-21(23-13-14-26(2)19-11-7-4-8-12-19)24-15-18-16-27-20(25-18)17-9-5-3-6-10-17;/h3,5-6,9-10,16,19H,4,7-8,11-15H2,1-2H3,(H2,22,23,24);1H. The molecule has 28 heavy (non-hydrogen) atoms. The summed E-state index contributed by atoms with van der Waals surface area (Å²) in [5.41, 5.74) is 1.84. The third-order valence-electron chi connectivity index (χ3n) is 5.19. The maximum absolute atomic E-state index is 5.58. The molecule has 0 bridgehead atoms. The number of benzene rings is 1. The molecule has 0 radical (unpaired) electrons. The molecule has 0 saturated heterocycles. The molecule has 0 unspecified atom stereocenters. The van der Waals surface area contributed by atoms with E-state index in [1.165, 1.54) is 32.1 Å². The van der Waals surface area contributed by atoms with Gasteiger partial charge in [0.05, 0.1) is 12.2 Å². The zero-order chi connectivity index (χ0) is 18.9. The van der Waals surface area contributed by atoms with Gasteiger partial charge in [0, 0.05) is 31.7 Å². The maximum atomic E-state index is 5.58. The van der Waals surface area contributed by atoms with Gasteiger partial charge in [0.25, 0.3) is 0 Å². The Morgan fingerprint density at radius 3 is 2.64 bits per heavy atom. The van der Waals surface area contributed by atoms with Crippen LogP contribution < -0.4 is 10.6 Å². The van der Waals surface area contributed by atoms with Crippen LogP contribution in [0.4, 0.5) is 0 Å². The van der Waals surface area contributed by atoms with Crippen molar-refractivity contribution in [1.82, 2.24) is 20.5 Å². The molecule has 7 heteroatoms. The first kappa shape index (κ1) is 22.7. The summed E-state index contributed by atoms with van der Waals surface area (Å²) < 4.78 is 5.58. The van der Waals surface area contributed by atoms with E-state index in [-0.39, 0.29) is 24.0 Å². The van der Waals surface area contributed by atoms with Crippen molar-refractivity contribution < 1.29 is 4.42 Å². The van der Waals surface area contributed by atoms with Crippen molar-refractivity contribution in [2.75, 3.05) is 27.2 Å². The summed E-state index contributed by atoms with van der Waals surface area (Å²) >= 11 is 0. The lowest BCUT2D eigenvalue weighted by molar-refractivity contribution is 0.194. The van der Waals surface area contributed by atoms with E-state index >= 15 is 0 Å². The predicted molar refractivity (Wildman–Crippen MR) is 125 cm³/mol. The lowest BCUT2D eigenvalue weighted by atomic mass is 9.94. The molecule has 2 N–H and O–H groups in total. The number of nitrogens with one attached hydrogen (secondary N) is 2. The Morgan fingerprint density at radius 1 is 1.18 bits per heavy atom. The third-order valence-corrected chi connectivity index (χ3v) is 5.19. The smallest absolute Gasteiger partial charge is 0.226 e. The summed E-state index contributed by atoms with van der Waals surface area (Å²) in [6.45, 7) is 2.47. The average molecular weight is 497 g/mol. The van der Waals surface area contributed by atoms with Gasteiger partial charge in [-0.2, -0.15) is 0 Å². The molecule has 0 atom stereocenters. The molecule has 1 aliphatic rings. The summed E-state index contributed by atoms with van der Waals surface area (Å²) in [5.74, 6) is 1.43. The highest BCUT2D eigenvalue weighted by atomic mass is 127. The average Bonchev–Trinajstić information content (AvgIpc) is 3.21. The SMILES string of the molecule is CN=C(NCCN(C)C1CCCCC1)NCc1coc(-c2ccccc2)n1.I. The Bertz CT molecular complexity index is 713. The lowest BCUT2D eigenvalue weighted by Gasteiger charge is -2.31. The number of hydrogen-bond donors (Lipinski definition) is 2. The maximum Gasteiger partial charge on any atom is 0.226 e. The molecule has 1 fully saturated rings. The van der Waals surface area contributed by atoms with Crippen LogP contribution in [0.3, 0.4) is 0 Å². The highest BCUT2D eigenvalue weighted by Crippen LogP contribution is 2.21. The predicted octanol–water partition coefficient (Wildman–Crippen LogP) is 3.89. The largest absolute Gasteiger partial charge is 0.444 e. The molecule has 0 amide bonds. The summed E-state index contributed by atoms with van der Waals surface area (Å²) in [4.78, 5) is 11.3. The van der Waals surface area contributed by atoms with Crippen molar-refractivity contribution in [2.24, 2.45) is 4.99 Å². The van der Waals surface area contributed by atoms with Crippen LogP contribution in [0.1, 0.15) is 37.8 Å². The number of oxazole rings is 1. The van der Waals surface area contributed by atoms with E-state index < -0.39 is 0 Å². The van der Waals surface area contributed by atoms with Crippen LogP contribution in [0.15, 0.2) is 46.0 Å². The van der Waals surface area contributed by atoms with E-state index in [0.29, 0.717) is 12.4 Å². The van der Waals surface area contributed by atoms with Crippen molar-refractivity contribution in [1.29, 1.82) is 0 Å². The number of likely N-dealkylation sites (N-methyl/N-ethyl adjacent to an activating group) is 1. The molecular weight excluding hydrogens is 465 g/mol. The quantitative estimate of drug-likeness (QED) is 0.345. The van der Waals surface area contributed by atoms with E-state index in [1.807, 2.05) is 30.3 Å². The van der Waals surface area contributed by atoms with E-state index in [4.69, 9.17) is 4.42 Å². The number of nitrogens with zero attached hydrogens (tertiary/aromatic N) is 3. The van der Waals surface area contributed by atoms with Gasteiger partial charge in [-0.1, -0.05) is 37.5 Å². The van der Waals surface area contributed by atoms with Gasteiger partial charge in [-0.05, 0) is 32.0 Å². The molecule has 1 aliphatic carbocycles. The first-order valence-electron chi connectivity index (χ1n) is 9.91. The summed E-state index contributed by atoms with van der Waals surface area (Å²) in [6.07, 6.45) is 8.49. The van der Waals surface area contributed by atoms with E-state index in [2.05, 4.69) is 32.6 Å². The highest BCUT2D eigenvalue weighted by molar-refractivity contribution is 14.0. The molecule has 3 rings (SSSR count). The fourth-order valence-electron chi connectivity index (χ4n) is 3.55. The topological polar surface area (TPSA) is 65.7 Å². The van der Waals surface area contributed by atoms with Gasteiger partial charge in [-0.3, -0.25) is 4.99 Å². The number of halogens is 1. The summed E-state index contributed by atoms with van der Waals surface area (Å²) in [7, 11) is 4.02. The zero-order valence-electron chi connectivity index (χ0n) is 16.9. The van der Waals surface area contributed by atoms with Crippen LogP contribution in [0.5, 0.6) is 0 Å². The number of rotatable bonds is 7. The van der Waals surface area contributed by atoms with Gasteiger partial charge >= 0.3 is 0 Å². The fourth-order valence-corrected chi connectivity index (χ4v) is 3.55. The van der Waals surface area contributed by atoms with E-state index in [0.717, 1.165) is 36.3 Å². The summed E-state index contributed by atoms with van der Waals surface area (Å²) in [5, 5.41) is 6.69. The van der Waals surface area contributed by atoms with Crippen molar-refractivity contribution in [3.05, 3.63) is 42.3 Å². The van der Waals surface area contributed by atoms with Crippen LogP contribution in [0, 0.1) is 0 Å². The lowest BCUT2D eigenvalue weighted by Crippen LogP contribution is -2.43.